The number of ether oxygens (including phenoxy) is 3. The molecule has 6 heteroatoms. The number of carbonyl (C=O) groups excluding carboxylic acids is 1. The molecule has 2 rings (SSSR count). The third-order valence-electron chi connectivity index (χ3n) is 3.61. The fourth-order valence-electron chi connectivity index (χ4n) is 2.54. The summed E-state index contributed by atoms with van der Waals surface area (Å²) in [5.74, 6) is 3.85. The van der Waals surface area contributed by atoms with Crippen molar-refractivity contribution in [3.05, 3.63) is 35.9 Å². The summed E-state index contributed by atoms with van der Waals surface area (Å²) in [6.07, 6.45) is -0.492. The number of benzene rings is 1. The van der Waals surface area contributed by atoms with Crippen molar-refractivity contribution in [2.24, 2.45) is 0 Å². The first-order chi connectivity index (χ1) is 12.1. The molecule has 26 heavy (non-hydrogen) atoms. The maximum absolute atomic E-state index is 11.9. The Balaban J connectivity index is 2.15. The van der Waals surface area contributed by atoms with E-state index in [0.29, 0.717) is 0 Å². The molecule has 6 nitrogen and oxygen atoms in total. The van der Waals surface area contributed by atoms with Crippen LogP contribution in [0.3, 0.4) is 0 Å². The van der Waals surface area contributed by atoms with Gasteiger partial charge in [-0.05, 0) is 40.2 Å². The van der Waals surface area contributed by atoms with E-state index in [1.807, 2.05) is 30.3 Å². The van der Waals surface area contributed by atoms with Crippen molar-refractivity contribution in [2.45, 2.75) is 64.7 Å². The van der Waals surface area contributed by atoms with Crippen molar-refractivity contribution in [1.29, 1.82) is 0 Å². The minimum Gasteiger partial charge on any atom is -0.450 e. The summed E-state index contributed by atoms with van der Waals surface area (Å²) in [4.78, 5) is 11.9. The molecule has 142 valence electrons. The summed E-state index contributed by atoms with van der Waals surface area (Å²) < 4.78 is 16.6. The average molecular weight is 361 g/mol. The molecule has 1 heterocycles. The molecule has 0 aliphatic carbocycles. The second-order valence-electron chi connectivity index (χ2n) is 7.67. The Hall–Kier alpha value is -1.91. The van der Waals surface area contributed by atoms with Gasteiger partial charge in [-0.3, -0.25) is 0 Å². The lowest BCUT2D eigenvalue weighted by atomic mass is 10.1. The summed E-state index contributed by atoms with van der Waals surface area (Å²) >= 11 is 0. The van der Waals surface area contributed by atoms with E-state index >= 15 is 0 Å². The molecule has 1 unspecified atom stereocenters. The van der Waals surface area contributed by atoms with Crippen molar-refractivity contribution >= 4 is 5.97 Å². The van der Waals surface area contributed by atoms with Gasteiger partial charge in [0, 0.05) is 5.92 Å². The second kappa shape index (κ2) is 8.19. The molecule has 1 aromatic carbocycles. The molecule has 0 aromatic heterocycles. The van der Waals surface area contributed by atoms with E-state index in [1.54, 1.807) is 34.6 Å². The van der Waals surface area contributed by atoms with Gasteiger partial charge in [-0.15, -0.1) is 0 Å². The van der Waals surface area contributed by atoms with Gasteiger partial charge in [0.2, 0.25) is 0 Å². The normalized spacial score (nSPS) is 20.3. The maximum Gasteiger partial charge on any atom is 0.384 e. The SMILES string of the molecule is CC(C)(C)OC(=O)C#CC([C@H]1COC(C)(C)O1)N(O)Cc1ccccc1. The molecule has 1 aromatic rings. The summed E-state index contributed by atoms with van der Waals surface area (Å²) in [5, 5.41) is 11.7. The van der Waals surface area contributed by atoms with Crippen LogP contribution < -0.4 is 0 Å². The lowest BCUT2D eigenvalue weighted by Crippen LogP contribution is -2.42. The van der Waals surface area contributed by atoms with Crippen LogP contribution in [0.2, 0.25) is 0 Å². The molecule has 0 amide bonds. The van der Waals surface area contributed by atoms with Crippen LogP contribution in [0.1, 0.15) is 40.2 Å². The average Bonchev–Trinajstić information content (AvgIpc) is 2.86. The van der Waals surface area contributed by atoms with Crippen molar-refractivity contribution in [3.8, 4) is 11.8 Å². The van der Waals surface area contributed by atoms with Crippen LogP contribution in [0.4, 0.5) is 0 Å². The molecule has 0 spiro atoms. The zero-order valence-electron chi connectivity index (χ0n) is 16.0. The number of hydrogen-bond donors (Lipinski definition) is 1. The zero-order valence-corrected chi connectivity index (χ0v) is 16.0. The van der Waals surface area contributed by atoms with E-state index in [4.69, 9.17) is 14.2 Å². The molecule has 0 saturated carbocycles. The monoisotopic (exact) mass is 361 g/mol. The Morgan fingerprint density at radius 2 is 2.04 bits per heavy atom. The van der Waals surface area contributed by atoms with Gasteiger partial charge in [0.15, 0.2) is 5.79 Å². The summed E-state index contributed by atoms with van der Waals surface area (Å²) in [6, 6.07) is 8.76. The van der Waals surface area contributed by atoms with Gasteiger partial charge in [-0.2, -0.15) is 5.06 Å². The second-order valence-corrected chi connectivity index (χ2v) is 7.67. The fraction of sp³-hybridized carbons (Fsp3) is 0.550. The quantitative estimate of drug-likeness (QED) is 0.385. The molecular weight excluding hydrogens is 334 g/mol. The summed E-state index contributed by atoms with van der Waals surface area (Å²) in [6.45, 7) is 9.42. The van der Waals surface area contributed by atoms with Crippen molar-refractivity contribution in [2.75, 3.05) is 6.61 Å². The lowest BCUT2D eigenvalue weighted by Gasteiger charge is -2.27. The van der Waals surface area contributed by atoms with E-state index in [1.165, 1.54) is 0 Å². The van der Waals surface area contributed by atoms with E-state index in [-0.39, 0.29) is 13.2 Å². The Bertz CT molecular complexity index is 669. The van der Waals surface area contributed by atoms with E-state index in [9.17, 15) is 10.0 Å². The number of hydrogen-bond acceptors (Lipinski definition) is 6. The minimum atomic E-state index is -0.760. The third kappa shape index (κ3) is 6.43. The number of hydroxylamine groups is 2. The Kier molecular flexibility index (Phi) is 6.43. The van der Waals surface area contributed by atoms with Crippen LogP contribution in [0, 0.1) is 11.8 Å². The van der Waals surface area contributed by atoms with Gasteiger partial charge in [0.05, 0.1) is 13.2 Å². The highest BCUT2D eigenvalue weighted by Gasteiger charge is 2.39. The fourth-order valence-corrected chi connectivity index (χ4v) is 2.54. The first-order valence-electron chi connectivity index (χ1n) is 8.61. The van der Waals surface area contributed by atoms with E-state index in [2.05, 4.69) is 11.8 Å². The molecule has 1 saturated heterocycles. The number of nitrogens with zero attached hydrogens (tertiary/aromatic N) is 1. The summed E-state index contributed by atoms with van der Waals surface area (Å²) in [7, 11) is 0. The predicted octanol–water partition coefficient (Wildman–Crippen LogP) is 2.74. The minimum absolute atomic E-state index is 0.245. The number of carbonyl (C=O) groups is 1. The van der Waals surface area contributed by atoms with Gasteiger partial charge < -0.3 is 19.4 Å². The Morgan fingerprint density at radius 1 is 1.38 bits per heavy atom. The maximum atomic E-state index is 11.9. The Labute approximate surface area is 155 Å². The highest BCUT2D eigenvalue weighted by Crippen LogP contribution is 2.26. The van der Waals surface area contributed by atoms with Crippen LogP contribution in [-0.2, 0) is 25.5 Å². The topological polar surface area (TPSA) is 68.2 Å². The van der Waals surface area contributed by atoms with E-state index < -0.39 is 29.5 Å². The molecule has 1 aliphatic heterocycles. The van der Waals surface area contributed by atoms with Gasteiger partial charge >= 0.3 is 5.97 Å². The van der Waals surface area contributed by atoms with Gasteiger partial charge in [0.25, 0.3) is 0 Å². The van der Waals surface area contributed by atoms with E-state index in [0.717, 1.165) is 10.6 Å². The zero-order chi connectivity index (χ0) is 19.4. The highest BCUT2D eigenvalue weighted by molar-refractivity contribution is 5.88. The van der Waals surface area contributed by atoms with Crippen molar-refractivity contribution in [3.63, 3.8) is 0 Å². The molecule has 0 radical (unpaired) electrons. The van der Waals surface area contributed by atoms with Gasteiger partial charge in [-0.25, -0.2) is 4.79 Å². The summed E-state index contributed by atoms with van der Waals surface area (Å²) in [5.41, 5.74) is 0.288. The largest absolute Gasteiger partial charge is 0.450 e. The van der Waals surface area contributed by atoms with Crippen molar-refractivity contribution < 1.29 is 24.2 Å². The molecule has 2 atom stereocenters. The first-order valence-corrected chi connectivity index (χ1v) is 8.61. The standard InChI is InChI=1S/C20H27NO5/c1-19(2,3)26-18(22)12-11-16(17-14-24-20(4,5)25-17)21(23)13-15-9-7-6-8-10-15/h6-10,16-17,23H,13-14H2,1-5H3/t16?,17-/m1/s1. The molecule has 1 fully saturated rings. The van der Waals surface area contributed by atoms with Crippen LogP contribution in [0.5, 0.6) is 0 Å². The van der Waals surface area contributed by atoms with Gasteiger partial charge in [-0.1, -0.05) is 36.3 Å². The van der Waals surface area contributed by atoms with Crippen LogP contribution in [-0.4, -0.2) is 46.4 Å². The van der Waals surface area contributed by atoms with Crippen LogP contribution in [0.25, 0.3) is 0 Å². The van der Waals surface area contributed by atoms with Crippen molar-refractivity contribution in [1.82, 2.24) is 5.06 Å². The van der Waals surface area contributed by atoms with Gasteiger partial charge in [0.1, 0.15) is 17.7 Å². The molecule has 1 aliphatic rings. The predicted molar refractivity (Wildman–Crippen MR) is 96.1 cm³/mol. The Morgan fingerprint density at radius 3 is 2.58 bits per heavy atom. The lowest BCUT2D eigenvalue weighted by molar-refractivity contribution is -0.176. The smallest absolute Gasteiger partial charge is 0.384 e. The number of rotatable bonds is 4. The molecule has 0 bridgehead atoms. The first kappa shape index (κ1) is 20.4. The van der Waals surface area contributed by atoms with Crippen LogP contribution in [0.15, 0.2) is 30.3 Å². The molecular formula is C20H27NO5. The van der Waals surface area contributed by atoms with Crippen LogP contribution >= 0.6 is 0 Å². The number of esters is 1. The highest BCUT2D eigenvalue weighted by atomic mass is 16.7. The molecule has 1 N–H and O–H groups in total. The third-order valence-corrected chi connectivity index (χ3v) is 3.61.